The zero-order chi connectivity index (χ0) is 15.9. The maximum Gasteiger partial charge on any atom is 0.269 e. The van der Waals surface area contributed by atoms with E-state index in [2.05, 4.69) is 0 Å². The maximum absolute atomic E-state index is 12.3. The van der Waals surface area contributed by atoms with Crippen molar-refractivity contribution in [1.82, 2.24) is 4.90 Å². The number of thiophene rings is 1. The van der Waals surface area contributed by atoms with Crippen LogP contribution in [-0.2, 0) is 11.3 Å². The van der Waals surface area contributed by atoms with Crippen molar-refractivity contribution in [3.05, 3.63) is 56.8 Å². The van der Waals surface area contributed by atoms with Gasteiger partial charge < -0.3 is 4.90 Å². The molecule has 0 aliphatic heterocycles. The van der Waals surface area contributed by atoms with Crippen LogP contribution in [-0.4, -0.2) is 28.0 Å². The van der Waals surface area contributed by atoms with E-state index in [0.29, 0.717) is 18.8 Å². The van der Waals surface area contributed by atoms with Crippen LogP contribution in [0.2, 0.25) is 0 Å². The normalized spacial score (nSPS) is 10.4. The molecule has 0 saturated carbocycles. The maximum atomic E-state index is 12.3. The number of benzene rings is 1. The van der Waals surface area contributed by atoms with E-state index in [0.717, 1.165) is 9.77 Å². The molecule has 2 aromatic rings. The van der Waals surface area contributed by atoms with Gasteiger partial charge in [-0.15, -0.1) is 23.1 Å². The van der Waals surface area contributed by atoms with E-state index < -0.39 is 4.92 Å². The van der Waals surface area contributed by atoms with Gasteiger partial charge in [0.25, 0.3) is 5.69 Å². The minimum absolute atomic E-state index is 0.0588. The van der Waals surface area contributed by atoms with E-state index in [9.17, 15) is 14.9 Å². The summed E-state index contributed by atoms with van der Waals surface area (Å²) in [7, 11) is 0. The number of nitro groups is 1. The molecule has 0 bridgehead atoms. The second-order valence-corrected chi connectivity index (χ2v) is 6.61. The summed E-state index contributed by atoms with van der Waals surface area (Å²) in [6.07, 6.45) is 0. The van der Waals surface area contributed by atoms with Crippen LogP contribution in [0.4, 0.5) is 5.69 Å². The van der Waals surface area contributed by atoms with E-state index >= 15 is 0 Å². The topological polar surface area (TPSA) is 63.5 Å². The highest BCUT2D eigenvalue weighted by atomic mass is 32.2. The van der Waals surface area contributed by atoms with Crippen molar-refractivity contribution >= 4 is 34.7 Å². The quantitative estimate of drug-likeness (QED) is 0.438. The van der Waals surface area contributed by atoms with Gasteiger partial charge in [-0.25, -0.2) is 0 Å². The van der Waals surface area contributed by atoms with Gasteiger partial charge in [0.1, 0.15) is 0 Å². The smallest absolute Gasteiger partial charge is 0.269 e. The van der Waals surface area contributed by atoms with E-state index in [4.69, 9.17) is 0 Å². The van der Waals surface area contributed by atoms with Gasteiger partial charge in [0, 0.05) is 28.5 Å². The average Bonchev–Trinajstić information content (AvgIpc) is 3.03. The number of hydrogen-bond acceptors (Lipinski definition) is 5. The Labute approximate surface area is 137 Å². The first-order valence-electron chi connectivity index (χ1n) is 6.77. The van der Waals surface area contributed by atoms with E-state index in [1.807, 2.05) is 29.3 Å². The lowest BCUT2D eigenvalue weighted by Crippen LogP contribution is -2.31. The Morgan fingerprint density at radius 1 is 1.32 bits per heavy atom. The first-order valence-corrected chi connectivity index (χ1v) is 8.64. The molecule has 0 spiro atoms. The molecule has 0 aliphatic carbocycles. The summed E-state index contributed by atoms with van der Waals surface area (Å²) >= 11 is 3.03. The van der Waals surface area contributed by atoms with Crippen LogP contribution in [0.25, 0.3) is 0 Å². The number of hydrogen-bond donors (Lipinski definition) is 0. The van der Waals surface area contributed by atoms with Crippen LogP contribution in [0.15, 0.2) is 46.7 Å². The van der Waals surface area contributed by atoms with Crippen molar-refractivity contribution in [3.8, 4) is 0 Å². The van der Waals surface area contributed by atoms with Crippen molar-refractivity contribution in [1.29, 1.82) is 0 Å². The highest BCUT2D eigenvalue weighted by Gasteiger charge is 2.13. The van der Waals surface area contributed by atoms with Gasteiger partial charge in [0.05, 0.1) is 17.2 Å². The SMILES string of the molecule is CCN(Cc1cccs1)C(=O)CSc1ccc([N+](=O)[O-])cc1. The Bertz CT molecular complexity index is 627. The Balaban J connectivity index is 1.89. The van der Waals surface area contributed by atoms with E-state index in [1.165, 1.54) is 23.9 Å². The second-order valence-electron chi connectivity index (χ2n) is 4.53. The van der Waals surface area contributed by atoms with Gasteiger partial charge in [-0.1, -0.05) is 6.07 Å². The number of rotatable bonds is 7. The predicted molar refractivity (Wildman–Crippen MR) is 89.2 cm³/mol. The lowest BCUT2D eigenvalue weighted by atomic mass is 10.3. The fraction of sp³-hybridized carbons (Fsp3) is 0.267. The van der Waals surface area contributed by atoms with Gasteiger partial charge >= 0.3 is 0 Å². The minimum atomic E-state index is -0.431. The third kappa shape index (κ3) is 4.57. The van der Waals surface area contributed by atoms with Gasteiger partial charge in [-0.05, 0) is 30.5 Å². The molecule has 0 radical (unpaired) electrons. The van der Waals surface area contributed by atoms with Crippen LogP contribution in [0.1, 0.15) is 11.8 Å². The standard InChI is InChI=1S/C15H16N2O3S2/c1-2-16(10-14-4-3-9-21-14)15(18)11-22-13-7-5-12(6-8-13)17(19)20/h3-9H,2,10-11H2,1H3. The monoisotopic (exact) mass is 336 g/mol. The molecule has 1 amide bonds. The molecule has 116 valence electrons. The fourth-order valence-electron chi connectivity index (χ4n) is 1.87. The molecule has 0 unspecified atom stereocenters. The van der Waals surface area contributed by atoms with E-state index in [-0.39, 0.29) is 11.6 Å². The molecule has 1 aromatic heterocycles. The Kier molecular flexibility index (Phi) is 5.97. The molecule has 1 aromatic carbocycles. The highest BCUT2D eigenvalue weighted by Crippen LogP contribution is 2.22. The van der Waals surface area contributed by atoms with Crippen molar-refractivity contribution in [2.75, 3.05) is 12.3 Å². The number of carbonyl (C=O) groups excluding carboxylic acids is 1. The van der Waals surface area contributed by atoms with Crippen molar-refractivity contribution < 1.29 is 9.72 Å². The third-order valence-corrected chi connectivity index (χ3v) is 4.93. The summed E-state index contributed by atoms with van der Waals surface area (Å²) in [5, 5.41) is 12.6. The zero-order valence-corrected chi connectivity index (χ0v) is 13.7. The van der Waals surface area contributed by atoms with Crippen LogP contribution in [0.5, 0.6) is 0 Å². The number of thioether (sulfide) groups is 1. The Hall–Kier alpha value is -1.86. The van der Waals surface area contributed by atoms with Crippen molar-refractivity contribution in [2.45, 2.75) is 18.4 Å². The first-order chi connectivity index (χ1) is 10.6. The molecule has 7 heteroatoms. The molecule has 5 nitrogen and oxygen atoms in total. The lowest BCUT2D eigenvalue weighted by molar-refractivity contribution is -0.384. The summed E-state index contributed by atoms with van der Waals surface area (Å²) in [5.74, 6) is 0.399. The average molecular weight is 336 g/mol. The van der Waals surface area contributed by atoms with Crippen LogP contribution in [0, 0.1) is 10.1 Å². The molecular formula is C15H16N2O3S2. The van der Waals surface area contributed by atoms with Crippen LogP contribution < -0.4 is 0 Å². The molecule has 1 heterocycles. The number of nitrogens with zero attached hydrogens (tertiary/aromatic N) is 2. The largest absolute Gasteiger partial charge is 0.337 e. The number of carbonyl (C=O) groups is 1. The van der Waals surface area contributed by atoms with Crippen molar-refractivity contribution in [3.63, 3.8) is 0 Å². The minimum Gasteiger partial charge on any atom is -0.337 e. The zero-order valence-electron chi connectivity index (χ0n) is 12.1. The number of amides is 1. The van der Waals surface area contributed by atoms with Crippen molar-refractivity contribution in [2.24, 2.45) is 0 Å². The molecule has 0 saturated heterocycles. The molecule has 0 fully saturated rings. The highest BCUT2D eigenvalue weighted by molar-refractivity contribution is 8.00. The fourth-order valence-corrected chi connectivity index (χ4v) is 3.39. The predicted octanol–water partition coefficient (Wildman–Crippen LogP) is 3.80. The molecule has 22 heavy (non-hydrogen) atoms. The van der Waals surface area contributed by atoms with E-state index in [1.54, 1.807) is 23.5 Å². The molecule has 2 rings (SSSR count). The summed E-state index contributed by atoms with van der Waals surface area (Å²) in [6, 6.07) is 10.2. The Morgan fingerprint density at radius 3 is 2.59 bits per heavy atom. The second kappa shape index (κ2) is 7.95. The van der Waals surface area contributed by atoms with Gasteiger partial charge in [-0.3, -0.25) is 14.9 Å². The Morgan fingerprint density at radius 2 is 2.05 bits per heavy atom. The summed E-state index contributed by atoms with van der Waals surface area (Å²) in [6.45, 7) is 3.26. The molecule has 0 atom stereocenters. The molecular weight excluding hydrogens is 320 g/mol. The number of non-ortho nitro benzene ring substituents is 1. The summed E-state index contributed by atoms with van der Waals surface area (Å²) in [4.78, 5) is 26.2. The van der Waals surface area contributed by atoms with Crippen LogP contribution >= 0.6 is 23.1 Å². The molecule has 0 N–H and O–H groups in total. The molecule has 0 aliphatic rings. The summed E-state index contributed by atoms with van der Waals surface area (Å²) in [5.41, 5.74) is 0.0588. The van der Waals surface area contributed by atoms with Crippen LogP contribution in [0.3, 0.4) is 0 Å². The van der Waals surface area contributed by atoms with Gasteiger partial charge in [-0.2, -0.15) is 0 Å². The van der Waals surface area contributed by atoms with Gasteiger partial charge in [0.15, 0.2) is 0 Å². The van der Waals surface area contributed by atoms with Gasteiger partial charge in [0.2, 0.25) is 5.91 Å². The lowest BCUT2D eigenvalue weighted by Gasteiger charge is -2.19. The summed E-state index contributed by atoms with van der Waals surface area (Å²) < 4.78 is 0. The third-order valence-electron chi connectivity index (χ3n) is 3.07. The number of nitro benzene ring substituents is 1. The first kappa shape index (κ1) is 16.5.